The molecule has 2 aliphatic heterocycles. The summed E-state index contributed by atoms with van der Waals surface area (Å²) in [6.07, 6.45) is 5.27. The van der Waals surface area contributed by atoms with Crippen LogP contribution in [0.15, 0.2) is 18.3 Å². The zero-order chi connectivity index (χ0) is 16.7. The van der Waals surface area contributed by atoms with Gasteiger partial charge >= 0.3 is 0 Å². The van der Waals surface area contributed by atoms with E-state index in [2.05, 4.69) is 15.2 Å². The zero-order valence-electron chi connectivity index (χ0n) is 14.2. The predicted octanol–water partition coefficient (Wildman–Crippen LogP) is 1.36. The third-order valence-corrected chi connectivity index (χ3v) is 6.31. The molecule has 6 heteroatoms. The minimum Gasteiger partial charge on any atom is -0.373 e. The molecule has 1 aromatic heterocycles. The average molecular weight is 346 g/mol. The third-order valence-electron chi connectivity index (χ3n) is 6.31. The van der Waals surface area contributed by atoms with Gasteiger partial charge in [-0.1, -0.05) is 13.8 Å². The van der Waals surface area contributed by atoms with Gasteiger partial charge < -0.3 is 15.8 Å². The van der Waals surface area contributed by atoms with Gasteiger partial charge in [0.15, 0.2) is 0 Å². The minimum atomic E-state index is -0.480. The molecule has 1 aliphatic carbocycles. The quantitative estimate of drug-likeness (QED) is 0.860. The van der Waals surface area contributed by atoms with E-state index in [0.29, 0.717) is 23.6 Å². The number of likely N-dealkylation sites (tertiary alicyclic amines) is 1. The van der Waals surface area contributed by atoms with Crippen molar-refractivity contribution < 1.29 is 9.53 Å². The van der Waals surface area contributed by atoms with E-state index in [9.17, 15) is 4.79 Å². The van der Waals surface area contributed by atoms with Crippen LogP contribution in [0.5, 0.6) is 0 Å². The molecule has 2 saturated heterocycles. The highest BCUT2D eigenvalue weighted by atomic mass is 16.5. The van der Waals surface area contributed by atoms with Gasteiger partial charge in [0.05, 0.1) is 0 Å². The number of nitrogens with two attached hydrogens (primary N) is 1. The van der Waals surface area contributed by atoms with E-state index in [4.69, 9.17) is 10.5 Å². The fourth-order valence-electron chi connectivity index (χ4n) is 5.03. The van der Waals surface area contributed by atoms with E-state index in [1.807, 2.05) is 19.2 Å². The standard InChI is InChI=1S/C18H26N4O2.CH4/c1-24-18(12-5-6-21-16(7-12)17(19)23)13-3-2-4-14(18)11-22(10-13)15-8-20-9-15;/h5-7,13-15,20H,2-4,8-11H2,1H3,(H2,19,23);1H4. The number of primary amides is 1. The van der Waals surface area contributed by atoms with Crippen LogP contribution in [0.25, 0.3) is 0 Å². The Morgan fingerprint density at radius 3 is 2.56 bits per heavy atom. The number of ether oxygens (including phenoxy) is 1. The number of hydrogen-bond acceptors (Lipinski definition) is 5. The summed E-state index contributed by atoms with van der Waals surface area (Å²) in [4.78, 5) is 18.3. The van der Waals surface area contributed by atoms with E-state index in [1.54, 1.807) is 6.20 Å². The van der Waals surface area contributed by atoms with Crippen molar-refractivity contribution in [3.05, 3.63) is 29.6 Å². The summed E-state index contributed by atoms with van der Waals surface area (Å²) < 4.78 is 6.22. The van der Waals surface area contributed by atoms with E-state index in [-0.39, 0.29) is 13.0 Å². The van der Waals surface area contributed by atoms with Crippen LogP contribution in [-0.4, -0.2) is 55.1 Å². The Morgan fingerprint density at radius 1 is 1.36 bits per heavy atom. The summed E-state index contributed by atoms with van der Waals surface area (Å²) in [5.74, 6) is 0.406. The molecule has 2 bridgehead atoms. The molecule has 0 spiro atoms. The Balaban J connectivity index is 0.00000182. The molecule has 2 atom stereocenters. The molecule has 1 aromatic rings. The number of hydrogen-bond donors (Lipinski definition) is 2. The highest BCUT2D eigenvalue weighted by Gasteiger charge is 2.54. The predicted molar refractivity (Wildman–Crippen MR) is 97.2 cm³/mol. The van der Waals surface area contributed by atoms with Gasteiger partial charge in [-0.15, -0.1) is 0 Å². The molecule has 3 fully saturated rings. The third kappa shape index (κ3) is 2.86. The first-order chi connectivity index (χ1) is 11.6. The topological polar surface area (TPSA) is 80.5 Å². The number of carbonyl (C=O) groups excluding carboxylic acids is 1. The highest BCUT2D eigenvalue weighted by molar-refractivity contribution is 5.90. The van der Waals surface area contributed by atoms with Crippen molar-refractivity contribution >= 4 is 5.91 Å². The summed E-state index contributed by atoms with van der Waals surface area (Å²) in [6.45, 7) is 4.32. The molecule has 4 rings (SSSR count). The summed E-state index contributed by atoms with van der Waals surface area (Å²) in [5.41, 5.74) is 6.51. The van der Waals surface area contributed by atoms with Gasteiger partial charge in [0.2, 0.25) is 0 Å². The molecule has 0 radical (unpaired) electrons. The molecule has 1 saturated carbocycles. The summed E-state index contributed by atoms with van der Waals surface area (Å²) in [7, 11) is 1.82. The first kappa shape index (κ1) is 18.3. The van der Waals surface area contributed by atoms with E-state index < -0.39 is 5.91 Å². The molecule has 138 valence electrons. The Morgan fingerprint density at radius 2 is 2.04 bits per heavy atom. The van der Waals surface area contributed by atoms with E-state index in [1.165, 1.54) is 6.42 Å². The molecular formula is C19H30N4O2. The molecule has 1 amide bonds. The average Bonchev–Trinajstić information content (AvgIpc) is 2.52. The minimum absolute atomic E-state index is 0. The number of amides is 1. The number of carbonyl (C=O) groups is 1. The SMILES string of the molecule is C.COC1(c2ccnc(C(N)=O)c2)C2CCCC1CN(C1CNC1)C2. The van der Waals surface area contributed by atoms with Crippen LogP contribution in [0.1, 0.15) is 42.7 Å². The van der Waals surface area contributed by atoms with Gasteiger partial charge in [0, 0.05) is 57.4 Å². The van der Waals surface area contributed by atoms with Gasteiger partial charge in [0.1, 0.15) is 11.3 Å². The number of piperidine rings is 1. The van der Waals surface area contributed by atoms with E-state index in [0.717, 1.165) is 44.6 Å². The molecule has 0 aromatic carbocycles. The van der Waals surface area contributed by atoms with Crippen molar-refractivity contribution in [2.45, 2.75) is 38.3 Å². The lowest BCUT2D eigenvalue weighted by Gasteiger charge is -2.57. The number of aromatic nitrogens is 1. The fourth-order valence-corrected chi connectivity index (χ4v) is 5.03. The summed E-state index contributed by atoms with van der Waals surface area (Å²) in [6, 6.07) is 4.51. The maximum atomic E-state index is 11.6. The van der Waals surface area contributed by atoms with Crippen LogP contribution in [0.2, 0.25) is 0 Å². The fraction of sp³-hybridized carbons (Fsp3) is 0.684. The highest BCUT2D eigenvalue weighted by Crippen LogP contribution is 2.51. The van der Waals surface area contributed by atoms with Crippen molar-refractivity contribution in [1.82, 2.24) is 15.2 Å². The van der Waals surface area contributed by atoms with Crippen LogP contribution in [0.4, 0.5) is 0 Å². The maximum absolute atomic E-state index is 11.6. The first-order valence-corrected chi connectivity index (χ1v) is 8.91. The van der Waals surface area contributed by atoms with Crippen molar-refractivity contribution in [2.24, 2.45) is 17.6 Å². The Hall–Kier alpha value is -1.50. The van der Waals surface area contributed by atoms with Gasteiger partial charge in [0.25, 0.3) is 5.91 Å². The second-order valence-electron chi connectivity index (χ2n) is 7.38. The lowest BCUT2D eigenvalue weighted by Crippen LogP contribution is -2.66. The number of fused-ring (bicyclic) bond motifs is 2. The maximum Gasteiger partial charge on any atom is 0.267 e. The molecule has 3 heterocycles. The second kappa shape index (κ2) is 7.02. The Labute approximate surface area is 150 Å². The normalized spacial score (nSPS) is 32.5. The van der Waals surface area contributed by atoms with Crippen molar-refractivity contribution in [1.29, 1.82) is 0 Å². The smallest absolute Gasteiger partial charge is 0.267 e. The lowest BCUT2D eigenvalue weighted by molar-refractivity contribution is -0.176. The van der Waals surface area contributed by atoms with Crippen LogP contribution in [0, 0.1) is 11.8 Å². The molecule has 2 unspecified atom stereocenters. The van der Waals surface area contributed by atoms with Gasteiger partial charge in [-0.3, -0.25) is 14.7 Å². The number of methoxy groups -OCH3 is 1. The first-order valence-electron chi connectivity index (χ1n) is 8.91. The van der Waals surface area contributed by atoms with Crippen molar-refractivity contribution in [2.75, 3.05) is 33.3 Å². The van der Waals surface area contributed by atoms with Gasteiger partial charge in [-0.05, 0) is 30.5 Å². The monoisotopic (exact) mass is 346 g/mol. The van der Waals surface area contributed by atoms with Crippen molar-refractivity contribution in [3.8, 4) is 0 Å². The van der Waals surface area contributed by atoms with Crippen molar-refractivity contribution in [3.63, 3.8) is 0 Å². The largest absolute Gasteiger partial charge is 0.373 e. The van der Waals surface area contributed by atoms with Crippen LogP contribution in [0.3, 0.4) is 0 Å². The van der Waals surface area contributed by atoms with Gasteiger partial charge in [-0.2, -0.15) is 0 Å². The number of pyridine rings is 1. The number of nitrogens with one attached hydrogen (secondary N) is 1. The van der Waals surface area contributed by atoms with Gasteiger partial charge in [-0.25, -0.2) is 0 Å². The zero-order valence-corrected chi connectivity index (χ0v) is 14.2. The lowest BCUT2D eigenvalue weighted by atomic mass is 9.62. The molecular weight excluding hydrogens is 316 g/mol. The Bertz CT molecular complexity index is 618. The summed E-state index contributed by atoms with van der Waals surface area (Å²) in [5, 5.41) is 3.38. The summed E-state index contributed by atoms with van der Waals surface area (Å²) >= 11 is 0. The molecule has 3 N–H and O–H groups in total. The Kier molecular flexibility index (Phi) is 5.14. The number of nitrogens with zero attached hydrogens (tertiary/aromatic N) is 2. The second-order valence-corrected chi connectivity index (χ2v) is 7.38. The number of rotatable bonds is 4. The van der Waals surface area contributed by atoms with Crippen LogP contribution < -0.4 is 11.1 Å². The molecule has 3 aliphatic rings. The molecule has 25 heavy (non-hydrogen) atoms. The van der Waals surface area contributed by atoms with E-state index >= 15 is 0 Å². The van der Waals surface area contributed by atoms with Crippen LogP contribution >= 0.6 is 0 Å². The molecule has 6 nitrogen and oxygen atoms in total. The van der Waals surface area contributed by atoms with Crippen LogP contribution in [-0.2, 0) is 10.3 Å².